The van der Waals surface area contributed by atoms with Crippen molar-refractivity contribution in [1.29, 1.82) is 5.26 Å². The van der Waals surface area contributed by atoms with E-state index in [1.165, 1.54) is 11.8 Å². The van der Waals surface area contributed by atoms with Crippen molar-refractivity contribution in [2.45, 2.75) is 32.7 Å². The molecule has 140 valence electrons. The van der Waals surface area contributed by atoms with Crippen molar-refractivity contribution in [2.75, 3.05) is 11.4 Å². The van der Waals surface area contributed by atoms with Crippen LogP contribution in [-0.2, 0) is 17.6 Å². The quantitative estimate of drug-likeness (QED) is 0.775. The zero-order valence-electron chi connectivity index (χ0n) is 15.7. The monoisotopic (exact) mass is 373 g/mol. The van der Waals surface area contributed by atoms with Crippen LogP contribution >= 0.6 is 0 Å². The van der Waals surface area contributed by atoms with E-state index in [0.717, 1.165) is 11.1 Å². The Hall–Kier alpha value is -3.46. The van der Waals surface area contributed by atoms with Gasteiger partial charge in [-0.25, -0.2) is 0 Å². The lowest BCUT2D eigenvalue weighted by Crippen LogP contribution is -2.39. The van der Waals surface area contributed by atoms with Gasteiger partial charge in [0.05, 0.1) is 22.4 Å². The average Bonchev–Trinajstić information content (AvgIpc) is 3.21. The molecule has 2 aliphatic rings. The lowest BCUT2D eigenvalue weighted by molar-refractivity contribution is -0.116. The minimum Gasteiger partial charge on any atom is -0.311 e. The van der Waals surface area contributed by atoms with Crippen molar-refractivity contribution in [3.63, 3.8) is 0 Å². The van der Waals surface area contributed by atoms with Gasteiger partial charge in [-0.05, 0) is 49.1 Å². The summed E-state index contributed by atoms with van der Waals surface area (Å²) in [6.07, 6.45) is 1.15. The number of carbonyl (C=O) groups excluding carboxylic acids is 3. The Bertz CT molecular complexity index is 1030. The van der Waals surface area contributed by atoms with E-state index in [2.05, 4.69) is 6.07 Å². The molecule has 0 spiro atoms. The molecule has 4 rings (SSSR count). The third-order valence-corrected chi connectivity index (χ3v) is 5.42. The number of hydrogen-bond donors (Lipinski definition) is 0. The second-order valence-electron chi connectivity index (χ2n) is 7.26. The highest BCUT2D eigenvalue weighted by molar-refractivity contribution is 6.21. The number of nitrogens with zero attached hydrogens (tertiary/aromatic N) is 3. The van der Waals surface area contributed by atoms with E-state index >= 15 is 0 Å². The van der Waals surface area contributed by atoms with E-state index in [0.29, 0.717) is 41.8 Å². The number of hydrogen-bond acceptors (Lipinski definition) is 4. The SMILES string of the molecule is CC(=O)N1CCc2cc(CC(C)N3C(=O)c4ccccc4C3=O)cc(C#N)c21. The van der Waals surface area contributed by atoms with Crippen molar-refractivity contribution in [1.82, 2.24) is 4.90 Å². The van der Waals surface area contributed by atoms with Gasteiger partial charge < -0.3 is 4.90 Å². The summed E-state index contributed by atoms with van der Waals surface area (Å²) in [5, 5.41) is 9.57. The molecule has 0 aliphatic carbocycles. The summed E-state index contributed by atoms with van der Waals surface area (Å²) in [4.78, 5) is 40.1. The van der Waals surface area contributed by atoms with Crippen LogP contribution < -0.4 is 4.90 Å². The molecule has 0 aromatic heterocycles. The summed E-state index contributed by atoms with van der Waals surface area (Å²) in [6.45, 7) is 3.90. The lowest BCUT2D eigenvalue weighted by atomic mass is 9.98. The van der Waals surface area contributed by atoms with Crippen LogP contribution in [0.4, 0.5) is 5.69 Å². The summed E-state index contributed by atoms with van der Waals surface area (Å²) in [6, 6.07) is 12.4. The van der Waals surface area contributed by atoms with Gasteiger partial charge >= 0.3 is 0 Å². The second-order valence-corrected chi connectivity index (χ2v) is 7.26. The van der Waals surface area contributed by atoms with Crippen LogP contribution in [0.3, 0.4) is 0 Å². The maximum Gasteiger partial charge on any atom is 0.261 e. The Balaban J connectivity index is 1.63. The van der Waals surface area contributed by atoms with E-state index < -0.39 is 0 Å². The molecule has 3 amide bonds. The van der Waals surface area contributed by atoms with Gasteiger partial charge in [-0.3, -0.25) is 19.3 Å². The minimum atomic E-state index is -0.345. The predicted octanol–water partition coefficient (Wildman–Crippen LogP) is 2.69. The molecule has 1 atom stereocenters. The molecule has 0 N–H and O–H groups in total. The maximum atomic E-state index is 12.7. The number of carbonyl (C=O) groups is 3. The average molecular weight is 373 g/mol. The first-order chi connectivity index (χ1) is 13.4. The van der Waals surface area contributed by atoms with Gasteiger partial charge in [0.15, 0.2) is 0 Å². The van der Waals surface area contributed by atoms with Crippen molar-refractivity contribution in [3.8, 4) is 6.07 Å². The highest BCUT2D eigenvalue weighted by Gasteiger charge is 2.38. The molecule has 0 saturated heterocycles. The molecule has 0 saturated carbocycles. The van der Waals surface area contributed by atoms with Crippen molar-refractivity contribution in [3.05, 3.63) is 64.2 Å². The molecular weight excluding hydrogens is 354 g/mol. The Morgan fingerprint density at radius 3 is 2.39 bits per heavy atom. The molecule has 6 heteroatoms. The van der Waals surface area contributed by atoms with E-state index in [-0.39, 0.29) is 23.8 Å². The van der Waals surface area contributed by atoms with Gasteiger partial charge in [0.1, 0.15) is 6.07 Å². The van der Waals surface area contributed by atoms with Gasteiger partial charge in [0.25, 0.3) is 11.8 Å². The maximum absolute atomic E-state index is 12.7. The Kier molecular flexibility index (Phi) is 4.23. The second kappa shape index (κ2) is 6.61. The van der Waals surface area contributed by atoms with E-state index in [9.17, 15) is 19.6 Å². The molecule has 2 aliphatic heterocycles. The third kappa shape index (κ3) is 2.67. The van der Waals surface area contributed by atoms with Crippen molar-refractivity contribution >= 4 is 23.4 Å². The summed E-state index contributed by atoms with van der Waals surface area (Å²) >= 11 is 0. The molecule has 0 fully saturated rings. The standard InChI is InChI=1S/C22H19N3O3/c1-13(25-21(27)18-5-3-4-6-19(18)22(25)28)9-15-10-16-7-8-24(14(2)26)20(16)17(11-15)12-23/h3-6,10-11,13H,7-9H2,1-2H3. The van der Waals surface area contributed by atoms with Crippen LogP contribution in [0.25, 0.3) is 0 Å². The largest absolute Gasteiger partial charge is 0.311 e. The van der Waals surface area contributed by atoms with Crippen LogP contribution in [-0.4, -0.2) is 35.2 Å². The zero-order chi connectivity index (χ0) is 20.0. The van der Waals surface area contributed by atoms with Crippen LogP contribution in [0.5, 0.6) is 0 Å². The summed E-state index contributed by atoms with van der Waals surface area (Å²) < 4.78 is 0. The van der Waals surface area contributed by atoms with E-state index in [1.54, 1.807) is 35.2 Å². The van der Waals surface area contributed by atoms with Crippen LogP contribution in [0.15, 0.2) is 36.4 Å². The number of anilines is 1. The van der Waals surface area contributed by atoms with Crippen LogP contribution in [0.1, 0.15) is 51.3 Å². The first-order valence-electron chi connectivity index (χ1n) is 9.23. The first-order valence-corrected chi connectivity index (χ1v) is 9.23. The number of nitriles is 1. The molecule has 28 heavy (non-hydrogen) atoms. The highest BCUT2D eigenvalue weighted by Crippen LogP contribution is 2.34. The fourth-order valence-electron chi connectivity index (χ4n) is 4.17. The van der Waals surface area contributed by atoms with Gasteiger partial charge in [0.2, 0.25) is 5.91 Å². The summed E-state index contributed by atoms with van der Waals surface area (Å²) in [7, 11) is 0. The molecule has 6 nitrogen and oxygen atoms in total. The predicted molar refractivity (Wildman–Crippen MR) is 103 cm³/mol. The number of imide groups is 1. The first kappa shape index (κ1) is 17.9. The lowest BCUT2D eigenvalue weighted by Gasteiger charge is -2.23. The van der Waals surface area contributed by atoms with Gasteiger partial charge in [-0.2, -0.15) is 5.26 Å². The fraction of sp³-hybridized carbons (Fsp3) is 0.273. The Morgan fingerprint density at radius 2 is 1.82 bits per heavy atom. The summed E-state index contributed by atoms with van der Waals surface area (Å²) in [5.41, 5.74) is 3.84. The van der Waals surface area contributed by atoms with Crippen molar-refractivity contribution in [2.24, 2.45) is 0 Å². The fourth-order valence-corrected chi connectivity index (χ4v) is 4.17. The highest BCUT2D eigenvalue weighted by atomic mass is 16.2. The molecule has 2 aromatic rings. The molecule has 0 radical (unpaired) electrons. The summed E-state index contributed by atoms with van der Waals surface area (Å²) in [5.74, 6) is -0.641. The number of amides is 3. The third-order valence-electron chi connectivity index (χ3n) is 5.42. The van der Waals surface area contributed by atoms with Gasteiger partial charge in [-0.15, -0.1) is 0 Å². The molecule has 0 bridgehead atoms. The van der Waals surface area contributed by atoms with Crippen molar-refractivity contribution < 1.29 is 14.4 Å². The molecular formula is C22H19N3O3. The normalized spacial score (nSPS) is 16.0. The molecule has 2 heterocycles. The van der Waals surface area contributed by atoms with Crippen LogP contribution in [0.2, 0.25) is 0 Å². The topological polar surface area (TPSA) is 81.5 Å². The van der Waals surface area contributed by atoms with E-state index in [4.69, 9.17) is 0 Å². The van der Waals surface area contributed by atoms with Crippen LogP contribution in [0, 0.1) is 11.3 Å². The van der Waals surface area contributed by atoms with Gasteiger partial charge in [-0.1, -0.05) is 18.2 Å². The smallest absolute Gasteiger partial charge is 0.261 e. The Morgan fingerprint density at radius 1 is 1.18 bits per heavy atom. The van der Waals surface area contributed by atoms with Gasteiger partial charge in [0, 0.05) is 19.5 Å². The number of benzene rings is 2. The minimum absolute atomic E-state index is 0.0811. The Labute approximate surface area is 163 Å². The number of rotatable bonds is 3. The van der Waals surface area contributed by atoms with E-state index in [1.807, 2.05) is 13.0 Å². The molecule has 2 aromatic carbocycles. The molecule has 1 unspecified atom stereocenters. The number of fused-ring (bicyclic) bond motifs is 2. The zero-order valence-corrected chi connectivity index (χ0v) is 15.7.